The number of hydrogen-bond donors (Lipinski definition) is 2. The van der Waals surface area contributed by atoms with Crippen LogP contribution >= 0.6 is 0 Å². The Kier molecular flexibility index (Phi) is 4.99. The maximum atomic E-state index is 14.5. The van der Waals surface area contributed by atoms with Crippen LogP contribution in [0.4, 0.5) is 16.0 Å². The van der Waals surface area contributed by atoms with E-state index in [0.29, 0.717) is 30.4 Å². The highest BCUT2D eigenvalue weighted by Crippen LogP contribution is 2.32. The van der Waals surface area contributed by atoms with E-state index in [0.717, 1.165) is 22.5 Å². The van der Waals surface area contributed by atoms with Gasteiger partial charge in [0.25, 0.3) is 0 Å². The zero-order valence-electron chi connectivity index (χ0n) is 17.8. The van der Waals surface area contributed by atoms with E-state index in [2.05, 4.69) is 37.7 Å². The number of fused-ring (bicyclic) bond motifs is 1. The Labute approximate surface area is 184 Å². The maximum absolute atomic E-state index is 14.5. The molecule has 0 radical (unpaired) electrons. The monoisotopic (exact) mass is 431 g/mol. The Balaban J connectivity index is 1.47. The average molecular weight is 431 g/mol. The number of halogens is 1. The molecule has 5 heterocycles. The number of hydrogen-bond acceptors (Lipinski definition) is 6. The molecule has 0 bridgehead atoms. The average Bonchev–Trinajstić information content (AvgIpc) is 3.36. The summed E-state index contributed by atoms with van der Waals surface area (Å²) in [6.45, 7) is 2.32. The van der Waals surface area contributed by atoms with E-state index in [9.17, 15) is 4.39 Å². The molecular formula is C23H22FN7O. The molecule has 0 amide bonds. The third kappa shape index (κ3) is 4.00. The van der Waals surface area contributed by atoms with Gasteiger partial charge in [0.05, 0.1) is 11.7 Å². The minimum absolute atomic E-state index is 0.0272. The van der Waals surface area contributed by atoms with Gasteiger partial charge < -0.3 is 15.4 Å². The summed E-state index contributed by atoms with van der Waals surface area (Å²) in [5, 5.41) is 15.0. The van der Waals surface area contributed by atoms with Gasteiger partial charge in [-0.15, -0.1) is 0 Å². The summed E-state index contributed by atoms with van der Waals surface area (Å²) in [7, 11) is 1.86. The van der Waals surface area contributed by atoms with Crippen LogP contribution in [-0.4, -0.2) is 49.7 Å². The number of ether oxygens (including phenoxy) is 1. The Bertz CT molecular complexity index is 1340. The third-order valence-electron chi connectivity index (χ3n) is 5.23. The number of nitrogens with zero attached hydrogens (tertiary/aromatic N) is 5. The number of pyridine rings is 2. The fourth-order valence-electron chi connectivity index (χ4n) is 3.52. The Morgan fingerprint density at radius 3 is 2.78 bits per heavy atom. The van der Waals surface area contributed by atoms with Crippen molar-refractivity contribution in [3.63, 3.8) is 0 Å². The molecule has 162 valence electrons. The molecule has 9 heteroatoms. The normalized spacial score (nSPS) is 14.5. The molecule has 8 nitrogen and oxygen atoms in total. The van der Waals surface area contributed by atoms with Crippen LogP contribution in [0.5, 0.6) is 5.75 Å². The zero-order chi connectivity index (χ0) is 22.1. The van der Waals surface area contributed by atoms with Crippen LogP contribution in [0.3, 0.4) is 0 Å². The molecule has 1 fully saturated rings. The van der Waals surface area contributed by atoms with E-state index >= 15 is 0 Å². The molecule has 32 heavy (non-hydrogen) atoms. The molecular weight excluding hydrogens is 409 g/mol. The Morgan fingerprint density at radius 2 is 2.06 bits per heavy atom. The summed E-state index contributed by atoms with van der Waals surface area (Å²) in [5.74, 6) is 7.75. The molecule has 1 saturated heterocycles. The molecule has 0 spiro atoms. The molecule has 5 rings (SSSR count). The Morgan fingerprint density at radius 1 is 1.19 bits per heavy atom. The van der Waals surface area contributed by atoms with Crippen LogP contribution < -0.4 is 15.4 Å². The second kappa shape index (κ2) is 7.98. The van der Waals surface area contributed by atoms with Crippen LogP contribution in [-0.2, 0) is 7.05 Å². The lowest BCUT2D eigenvalue weighted by Crippen LogP contribution is -2.59. The number of rotatable bonds is 6. The Hall–Kier alpha value is -3.90. The lowest BCUT2D eigenvalue weighted by Gasteiger charge is -2.34. The topological polar surface area (TPSA) is 81.3 Å². The van der Waals surface area contributed by atoms with Crippen LogP contribution in [0.25, 0.3) is 16.6 Å². The van der Waals surface area contributed by atoms with E-state index < -0.39 is 5.67 Å². The minimum Gasteiger partial charge on any atom is -0.488 e. The molecule has 1 aliphatic rings. The van der Waals surface area contributed by atoms with Gasteiger partial charge in [-0.1, -0.05) is 5.92 Å². The van der Waals surface area contributed by atoms with Crippen molar-refractivity contribution < 1.29 is 9.13 Å². The first-order valence-corrected chi connectivity index (χ1v) is 10.2. The molecule has 2 N–H and O–H groups in total. The SMILES string of the molecule is CC#Cc1cc(-c2ccn3nc(Nc4ccn(C)n4)cc3c2)c(OCC2(F)CNC2)cn1. The van der Waals surface area contributed by atoms with Gasteiger partial charge in [-0.3, -0.25) is 4.68 Å². The molecule has 4 aromatic heterocycles. The lowest BCUT2D eigenvalue weighted by molar-refractivity contribution is 0.0348. The largest absolute Gasteiger partial charge is 0.488 e. The van der Waals surface area contributed by atoms with E-state index in [1.165, 1.54) is 0 Å². The molecule has 1 aliphatic heterocycles. The molecule has 0 saturated carbocycles. The fourth-order valence-corrected chi connectivity index (χ4v) is 3.52. The number of nitrogens with one attached hydrogen (secondary N) is 2. The van der Waals surface area contributed by atoms with Crippen molar-refractivity contribution in [2.45, 2.75) is 12.6 Å². The zero-order valence-corrected chi connectivity index (χ0v) is 17.8. The second-order valence-corrected chi connectivity index (χ2v) is 7.80. The number of anilines is 2. The highest BCUT2D eigenvalue weighted by Gasteiger charge is 2.38. The van der Waals surface area contributed by atoms with E-state index in [-0.39, 0.29) is 6.61 Å². The summed E-state index contributed by atoms with van der Waals surface area (Å²) < 4.78 is 23.8. The second-order valence-electron chi connectivity index (χ2n) is 7.80. The van der Waals surface area contributed by atoms with Gasteiger partial charge in [-0.05, 0) is 36.6 Å². The van der Waals surface area contributed by atoms with Gasteiger partial charge >= 0.3 is 0 Å². The van der Waals surface area contributed by atoms with Crippen molar-refractivity contribution in [1.82, 2.24) is 29.7 Å². The summed E-state index contributed by atoms with van der Waals surface area (Å²) in [4.78, 5) is 4.34. The lowest BCUT2D eigenvalue weighted by atomic mass is 10.0. The standard InChI is InChI=1S/C23H22FN7O/c1-3-4-17-10-19(20(12-26-17)32-15-23(24)13-25-14-23)16-5-8-31-18(9-16)11-22(29-31)27-21-6-7-30(2)28-21/h5-12,25H,13-15H2,1-2H3,(H,27,28,29). The van der Waals surface area contributed by atoms with E-state index in [1.54, 1.807) is 22.3 Å². The van der Waals surface area contributed by atoms with Crippen molar-refractivity contribution >= 4 is 17.2 Å². The predicted molar refractivity (Wildman–Crippen MR) is 120 cm³/mol. The van der Waals surface area contributed by atoms with Crippen LogP contribution in [0, 0.1) is 11.8 Å². The van der Waals surface area contributed by atoms with Crippen molar-refractivity contribution in [2.75, 3.05) is 25.0 Å². The van der Waals surface area contributed by atoms with Crippen molar-refractivity contribution in [1.29, 1.82) is 0 Å². The van der Waals surface area contributed by atoms with Gasteiger partial charge in [0.2, 0.25) is 0 Å². The highest BCUT2D eigenvalue weighted by molar-refractivity contribution is 5.75. The molecule has 0 aliphatic carbocycles. The van der Waals surface area contributed by atoms with Crippen LogP contribution in [0.1, 0.15) is 12.6 Å². The van der Waals surface area contributed by atoms with Gasteiger partial charge in [0.15, 0.2) is 17.3 Å². The third-order valence-corrected chi connectivity index (χ3v) is 5.23. The van der Waals surface area contributed by atoms with Gasteiger partial charge in [0.1, 0.15) is 18.1 Å². The number of aryl methyl sites for hydroxylation is 1. The summed E-state index contributed by atoms with van der Waals surface area (Å²) in [6, 6.07) is 9.61. The van der Waals surface area contributed by atoms with E-state index in [1.807, 2.05) is 49.8 Å². The first-order chi connectivity index (χ1) is 15.5. The van der Waals surface area contributed by atoms with Crippen LogP contribution in [0.15, 0.2) is 48.9 Å². The fraction of sp³-hybridized carbons (Fsp3) is 0.261. The molecule has 0 aromatic carbocycles. The molecule has 0 unspecified atom stereocenters. The molecule has 4 aromatic rings. The summed E-state index contributed by atoms with van der Waals surface area (Å²) in [6.07, 6.45) is 5.34. The highest BCUT2D eigenvalue weighted by atomic mass is 19.1. The van der Waals surface area contributed by atoms with Crippen molar-refractivity contribution in [3.8, 4) is 28.7 Å². The summed E-state index contributed by atoms with van der Waals surface area (Å²) >= 11 is 0. The minimum atomic E-state index is -1.35. The number of aromatic nitrogens is 5. The van der Waals surface area contributed by atoms with Crippen molar-refractivity contribution in [2.24, 2.45) is 7.05 Å². The smallest absolute Gasteiger partial charge is 0.169 e. The summed E-state index contributed by atoms with van der Waals surface area (Å²) in [5.41, 5.74) is 1.87. The number of alkyl halides is 1. The quantitative estimate of drug-likeness (QED) is 0.457. The van der Waals surface area contributed by atoms with E-state index in [4.69, 9.17) is 4.74 Å². The van der Waals surface area contributed by atoms with Gasteiger partial charge in [-0.25, -0.2) is 13.9 Å². The maximum Gasteiger partial charge on any atom is 0.169 e. The van der Waals surface area contributed by atoms with Gasteiger partial charge in [-0.2, -0.15) is 10.2 Å². The van der Waals surface area contributed by atoms with Crippen LogP contribution in [0.2, 0.25) is 0 Å². The van der Waals surface area contributed by atoms with Crippen molar-refractivity contribution in [3.05, 3.63) is 54.6 Å². The molecule has 0 atom stereocenters. The first-order valence-electron chi connectivity index (χ1n) is 10.2. The van der Waals surface area contributed by atoms with Gasteiger partial charge in [0, 0.05) is 50.2 Å². The first kappa shape index (κ1) is 20.0. The predicted octanol–water partition coefficient (Wildman–Crippen LogP) is 2.94.